The molecule has 0 radical (unpaired) electrons. The number of esters is 3. The molecule has 0 aromatic carbocycles. The molecule has 0 saturated carbocycles. The minimum atomic E-state index is -0.808. The average molecular weight is 986 g/mol. The van der Waals surface area contributed by atoms with Crippen molar-refractivity contribution in [2.75, 3.05) is 13.2 Å². The number of carbonyl (C=O) groups is 3. The van der Waals surface area contributed by atoms with E-state index in [4.69, 9.17) is 14.2 Å². The van der Waals surface area contributed by atoms with Gasteiger partial charge in [0.05, 0.1) is 0 Å². The Morgan fingerprint density at radius 1 is 0.296 bits per heavy atom. The summed E-state index contributed by atoms with van der Waals surface area (Å²) < 4.78 is 16.8. The Labute approximate surface area is 438 Å². The number of allylic oxidation sites excluding steroid dienone is 18. The van der Waals surface area contributed by atoms with Crippen LogP contribution < -0.4 is 0 Å². The molecular weight excluding hydrogens is 877 g/mol. The van der Waals surface area contributed by atoms with Crippen molar-refractivity contribution < 1.29 is 28.6 Å². The molecule has 0 aromatic heterocycles. The summed E-state index contributed by atoms with van der Waals surface area (Å²) in [6, 6.07) is 0. The molecule has 0 aliphatic heterocycles. The summed E-state index contributed by atoms with van der Waals surface area (Å²) in [5.41, 5.74) is 0. The summed E-state index contributed by atoms with van der Waals surface area (Å²) in [5.74, 6) is -0.959. The molecule has 0 N–H and O–H groups in total. The number of rotatable bonds is 52. The summed E-state index contributed by atoms with van der Waals surface area (Å²) in [7, 11) is 0. The van der Waals surface area contributed by atoms with E-state index >= 15 is 0 Å². The lowest BCUT2D eigenvalue weighted by atomic mass is 10.1. The van der Waals surface area contributed by atoms with Gasteiger partial charge in [-0.05, 0) is 128 Å². The highest BCUT2D eigenvalue weighted by molar-refractivity contribution is 5.71. The molecule has 0 amide bonds. The van der Waals surface area contributed by atoms with Crippen molar-refractivity contribution in [3.05, 3.63) is 109 Å². The maximum absolute atomic E-state index is 12.9. The molecule has 71 heavy (non-hydrogen) atoms. The second-order valence-electron chi connectivity index (χ2n) is 19.2. The van der Waals surface area contributed by atoms with E-state index in [2.05, 4.69) is 130 Å². The molecule has 0 bridgehead atoms. The lowest BCUT2D eigenvalue weighted by Gasteiger charge is -2.18. The predicted octanol–water partition coefficient (Wildman–Crippen LogP) is 19.9. The fourth-order valence-electron chi connectivity index (χ4n) is 7.82. The highest BCUT2D eigenvalue weighted by Crippen LogP contribution is 2.14. The maximum Gasteiger partial charge on any atom is 0.306 e. The van der Waals surface area contributed by atoms with Gasteiger partial charge in [0.2, 0.25) is 0 Å². The van der Waals surface area contributed by atoms with E-state index in [1.54, 1.807) is 0 Å². The van der Waals surface area contributed by atoms with Crippen LogP contribution >= 0.6 is 0 Å². The normalized spacial score (nSPS) is 12.9. The fraction of sp³-hybridized carbons (Fsp3) is 0.677. The van der Waals surface area contributed by atoms with Gasteiger partial charge >= 0.3 is 17.9 Å². The zero-order valence-electron chi connectivity index (χ0n) is 46.2. The van der Waals surface area contributed by atoms with E-state index in [0.29, 0.717) is 19.3 Å². The van der Waals surface area contributed by atoms with Crippen LogP contribution in [0.25, 0.3) is 0 Å². The van der Waals surface area contributed by atoms with Gasteiger partial charge in [-0.15, -0.1) is 0 Å². The first kappa shape index (κ1) is 67.1. The zero-order chi connectivity index (χ0) is 51.4. The fourth-order valence-corrected chi connectivity index (χ4v) is 7.82. The smallest absolute Gasteiger partial charge is 0.306 e. The third-order valence-electron chi connectivity index (χ3n) is 12.2. The molecule has 0 aliphatic carbocycles. The van der Waals surface area contributed by atoms with E-state index < -0.39 is 6.10 Å². The van der Waals surface area contributed by atoms with Gasteiger partial charge in [0.1, 0.15) is 13.2 Å². The summed E-state index contributed by atoms with van der Waals surface area (Å²) in [4.78, 5) is 38.2. The summed E-state index contributed by atoms with van der Waals surface area (Å²) in [6.45, 7) is 6.45. The zero-order valence-corrected chi connectivity index (χ0v) is 46.2. The predicted molar refractivity (Wildman–Crippen MR) is 307 cm³/mol. The Kier molecular flexibility index (Phi) is 55.4. The molecule has 6 nitrogen and oxygen atoms in total. The molecule has 0 heterocycles. The van der Waals surface area contributed by atoms with Crippen LogP contribution in [0.3, 0.4) is 0 Å². The minimum absolute atomic E-state index is 0.101. The molecule has 0 aliphatic rings. The van der Waals surface area contributed by atoms with Crippen molar-refractivity contribution in [2.24, 2.45) is 0 Å². The number of ether oxygens (including phenoxy) is 3. The van der Waals surface area contributed by atoms with Gasteiger partial charge in [0.25, 0.3) is 0 Å². The van der Waals surface area contributed by atoms with E-state index in [1.165, 1.54) is 103 Å². The van der Waals surface area contributed by atoms with Gasteiger partial charge < -0.3 is 14.2 Å². The third-order valence-corrected chi connectivity index (χ3v) is 12.2. The molecule has 0 aromatic rings. The Morgan fingerprint density at radius 3 is 0.915 bits per heavy atom. The Bertz CT molecular complexity index is 1460. The second kappa shape index (κ2) is 58.6. The lowest BCUT2D eigenvalue weighted by Crippen LogP contribution is -2.30. The summed E-state index contributed by atoms with van der Waals surface area (Å²) in [6.07, 6.45) is 79.3. The van der Waals surface area contributed by atoms with E-state index in [1.807, 2.05) is 0 Å². The van der Waals surface area contributed by atoms with Crippen LogP contribution in [0.2, 0.25) is 0 Å². The van der Waals surface area contributed by atoms with Gasteiger partial charge in [-0.25, -0.2) is 0 Å². The van der Waals surface area contributed by atoms with Gasteiger partial charge in [-0.2, -0.15) is 0 Å². The monoisotopic (exact) mass is 985 g/mol. The Hall–Kier alpha value is -3.93. The first-order chi connectivity index (χ1) is 35.0. The van der Waals surface area contributed by atoms with Gasteiger partial charge in [-0.1, -0.05) is 226 Å². The maximum atomic E-state index is 12.9. The average Bonchev–Trinajstić information content (AvgIpc) is 3.37. The molecule has 0 spiro atoms. The van der Waals surface area contributed by atoms with Crippen molar-refractivity contribution in [1.29, 1.82) is 0 Å². The van der Waals surface area contributed by atoms with E-state index in [-0.39, 0.29) is 31.1 Å². The molecule has 1 atom stereocenters. The van der Waals surface area contributed by atoms with Crippen LogP contribution in [0.1, 0.15) is 265 Å². The number of hydrogen-bond donors (Lipinski definition) is 0. The van der Waals surface area contributed by atoms with Crippen molar-refractivity contribution in [3.63, 3.8) is 0 Å². The number of unbranched alkanes of at least 4 members (excludes halogenated alkanes) is 23. The van der Waals surface area contributed by atoms with E-state index in [9.17, 15) is 14.4 Å². The Balaban J connectivity index is 4.51. The molecule has 6 heteroatoms. The molecule has 404 valence electrons. The first-order valence-electron chi connectivity index (χ1n) is 29.4. The standard InChI is InChI=1S/C65H108O6/c1-4-7-10-13-16-19-22-25-28-31-32-35-37-40-43-46-49-52-55-58-64(67)70-61-62(71-65(68)59-56-53-50-47-44-41-38-34-30-27-24-21-18-15-12-9-6-3)60-69-63(66)57-54-51-48-45-42-39-36-33-29-26-23-20-17-14-11-8-5-2/h7,10,16,18-19,21,25-30,32,35,38,40-41,43,62H,4-6,8-9,11-15,17,20,22-24,31,33-34,36-37,39,42,44-61H2,1-3H3/b10-7+,19-16+,21-18+,28-25+,29-26+,30-27+,35-32+,41-38+,43-40+/t62-/m1/s1. The van der Waals surface area contributed by atoms with Crippen LogP contribution in [0.5, 0.6) is 0 Å². The van der Waals surface area contributed by atoms with E-state index in [0.717, 1.165) is 122 Å². The quantitative estimate of drug-likeness (QED) is 0.0261. The minimum Gasteiger partial charge on any atom is -0.462 e. The van der Waals surface area contributed by atoms with Crippen molar-refractivity contribution >= 4 is 17.9 Å². The molecule has 0 rings (SSSR count). The largest absolute Gasteiger partial charge is 0.462 e. The van der Waals surface area contributed by atoms with Crippen LogP contribution in [0.4, 0.5) is 0 Å². The molecule has 0 fully saturated rings. The van der Waals surface area contributed by atoms with Crippen LogP contribution in [0.15, 0.2) is 109 Å². The summed E-state index contributed by atoms with van der Waals surface area (Å²) in [5, 5.41) is 0. The summed E-state index contributed by atoms with van der Waals surface area (Å²) >= 11 is 0. The van der Waals surface area contributed by atoms with Crippen molar-refractivity contribution in [3.8, 4) is 0 Å². The van der Waals surface area contributed by atoms with Crippen LogP contribution in [-0.4, -0.2) is 37.2 Å². The lowest BCUT2D eigenvalue weighted by molar-refractivity contribution is -0.167. The van der Waals surface area contributed by atoms with Gasteiger partial charge in [0, 0.05) is 19.3 Å². The topological polar surface area (TPSA) is 78.9 Å². The third kappa shape index (κ3) is 56.9. The van der Waals surface area contributed by atoms with Gasteiger partial charge in [-0.3, -0.25) is 14.4 Å². The molecule has 0 unspecified atom stereocenters. The molecular formula is C65H108O6. The second-order valence-corrected chi connectivity index (χ2v) is 19.2. The number of hydrogen-bond acceptors (Lipinski definition) is 6. The van der Waals surface area contributed by atoms with Gasteiger partial charge in [0.15, 0.2) is 6.10 Å². The number of carbonyl (C=O) groups excluding carboxylic acids is 3. The van der Waals surface area contributed by atoms with Crippen LogP contribution in [-0.2, 0) is 28.6 Å². The SMILES string of the molecule is CC/C=C/C/C=C/C/C=C/C/C=C/C/C=C/CCCCCC(=O)OC[C@@H](COC(=O)CCCCCCCCC/C=C/CCCCCCCC)OC(=O)CCCCCC/C=C/C/C=C/C/C=C/CCCCC. The Morgan fingerprint density at radius 2 is 0.549 bits per heavy atom. The van der Waals surface area contributed by atoms with Crippen molar-refractivity contribution in [1.82, 2.24) is 0 Å². The van der Waals surface area contributed by atoms with Crippen molar-refractivity contribution in [2.45, 2.75) is 271 Å². The highest BCUT2D eigenvalue weighted by Gasteiger charge is 2.19. The molecule has 0 saturated heterocycles. The first-order valence-corrected chi connectivity index (χ1v) is 29.4. The van der Waals surface area contributed by atoms with Crippen LogP contribution in [0, 0.1) is 0 Å². The highest BCUT2D eigenvalue weighted by atomic mass is 16.6.